The Balaban J connectivity index is 2.11. The summed E-state index contributed by atoms with van der Waals surface area (Å²) >= 11 is 6.12. The first-order valence-corrected chi connectivity index (χ1v) is 7.59. The minimum Gasteiger partial charge on any atom is -0.383 e. The monoisotopic (exact) mass is 305 g/mol. The molecule has 0 amide bonds. The number of nitrogens with one attached hydrogen (secondary N) is 1. The van der Waals surface area contributed by atoms with Gasteiger partial charge in [-0.2, -0.15) is 0 Å². The fourth-order valence-corrected chi connectivity index (χ4v) is 3.00. The minimum absolute atomic E-state index is 0.683. The van der Waals surface area contributed by atoms with E-state index in [1.807, 2.05) is 12.1 Å². The standard InChI is InChI=1S/C16H20ClN3O/c1-20-7-5-14-13(10-20)16(18-6-8-21-2)12-4-3-11(17)9-15(12)19-14/h3-4,9H,5-8,10H2,1-2H3,(H,18,19). The van der Waals surface area contributed by atoms with Crippen molar-refractivity contribution in [2.24, 2.45) is 0 Å². The lowest BCUT2D eigenvalue weighted by Crippen LogP contribution is -2.28. The van der Waals surface area contributed by atoms with Crippen LogP contribution in [0.5, 0.6) is 0 Å². The van der Waals surface area contributed by atoms with Crippen molar-refractivity contribution in [1.82, 2.24) is 9.88 Å². The maximum absolute atomic E-state index is 6.12. The van der Waals surface area contributed by atoms with Crippen LogP contribution >= 0.6 is 11.6 Å². The van der Waals surface area contributed by atoms with Crippen molar-refractivity contribution in [3.8, 4) is 0 Å². The van der Waals surface area contributed by atoms with Crippen LogP contribution in [0.4, 0.5) is 5.69 Å². The summed E-state index contributed by atoms with van der Waals surface area (Å²) in [5.74, 6) is 0. The number of anilines is 1. The SMILES string of the molecule is COCCNc1c2c(nc3cc(Cl)ccc13)CCN(C)C2. The smallest absolute Gasteiger partial charge is 0.0741 e. The number of halogens is 1. The molecule has 0 saturated heterocycles. The van der Waals surface area contributed by atoms with Crippen molar-refractivity contribution in [3.05, 3.63) is 34.5 Å². The number of benzene rings is 1. The van der Waals surface area contributed by atoms with Gasteiger partial charge in [-0.3, -0.25) is 4.98 Å². The molecule has 4 nitrogen and oxygen atoms in total. The fourth-order valence-electron chi connectivity index (χ4n) is 2.83. The van der Waals surface area contributed by atoms with Crippen molar-refractivity contribution >= 4 is 28.2 Å². The number of ether oxygens (including phenoxy) is 1. The van der Waals surface area contributed by atoms with E-state index in [2.05, 4.69) is 23.3 Å². The molecular formula is C16H20ClN3O. The third-order valence-electron chi connectivity index (χ3n) is 3.90. The van der Waals surface area contributed by atoms with Crippen molar-refractivity contribution in [2.45, 2.75) is 13.0 Å². The Kier molecular flexibility index (Phi) is 4.29. The quantitative estimate of drug-likeness (QED) is 0.881. The van der Waals surface area contributed by atoms with E-state index in [-0.39, 0.29) is 0 Å². The van der Waals surface area contributed by atoms with E-state index in [1.165, 1.54) is 16.9 Å². The summed E-state index contributed by atoms with van der Waals surface area (Å²) in [6, 6.07) is 5.91. The van der Waals surface area contributed by atoms with E-state index in [4.69, 9.17) is 21.3 Å². The number of pyridine rings is 1. The summed E-state index contributed by atoms with van der Waals surface area (Å²) in [6.45, 7) is 3.44. The third-order valence-corrected chi connectivity index (χ3v) is 4.14. The first kappa shape index (κ1) is 14.6. The van der Waals surface area contributed by atoms with Crippen LogP contribution in [0.25, 0.3) is 10.9 Å². The van der Waals surface area contributed by atoms with Gasteiger partial charge in [-0.15, -0.1) is 0 Å². The second kappa shape index (κ2) is 6.18. The Morgan fingerprint density at radius 3 is 3.10 bits per heavy atom. The Labute approximate surface area is 130 Å². The van der Waals surface area contributed by atoms with Crippen molar-refractivity contribution in [3.63, 3.8) is 0 Å². The highest BCUT2D eigenvalue weighted by atomic mass is 35.5. The lowest BCUT2D eigenvalue weighted by atomic mass is 10.00. The zero-order valence-corrected chi connectivity index (χ0v) is 13.2. The maximum atomic E-state index is 6.12. The summed E-state index contributed by atoms with van der Waals surface area (Å²) in [6.07, 6.45) is 0.979. The molecule has 0 atom stereocenters. The molecule has 112 valence electrons. The van der Waals surface area contributed by atoms with Gasteiger partial charge in [-0.1, -0.05) is 11.6 Å². The summed E-state index contributed by atoms with van der Waals surface area (Å²) in [5.41, 5.74) is 4.62. The second-order valence-electron chi connectivity index (χ2n) is 5.48. The van der Waals surface area contributed by atoms with Crippen LogP contribution < -0.4 is 5.32 Å². The topological polar surface area (TPSA) is 37.4 Å². The van der Waals surface area contributed by atoms with Crippen LogP contribution in [0, 0.1) is 0 Å². The third kappa shape index (κ3) is 2.98. The van der Waals surface area contributed by atoms with E-state index >= 15 is 0 Å². The van der Waals surface area contributed by atoms with Crippen LogP contribution in [0.3, 0.4) is 0 Å². The molecular weight excluding hydrogens is 286 g/mol. The number of likely N-dealkylation sites (N-methyl/N-ethyl adjacent to an activating group) is 1. The summed E-state index contributed by atoms with van der Waals surface area (Å²) in [5, 5.41) is 5.38. The highest BCUT2D eigenvalue weighted by Gasteiger charge is 2.20. The number of rotatable bonds is 4. The maximum Gasteiger partial charge on any atom is 0.0741 e. The molecule has 1 aliphatic rings. The van der Waals surface area contributed by atoms with Gasteiger partial charge in [0.05, 0.1) is 17.8 Å². The molecule has 0 fully saturated rings. The molecule has 0 spiro atoms. The van der Waals surface area contributed by atoms with Gasteiger partial charge in [-0.25, -0.2) is 0 Å². The van der Waals surface area contributed by atoms with Gasteiger partial charge >= 0.3 is 0 Å². The van der Waals surface area contributed by atoms with Gasteiger partial charge in [0.15, 0.2) is 0 Å². The molecule has 0 radical (unpaired) electrons. The summed E-state index contributed by atoms with van der Waals surface area (Å²) in [4.78, 5) is 7.14. The van der Waals surface area contributed by atoms with Crippen LogP contribution in [0.2, 0.25) is 5.02 Å². The van der Waals surface area contributed by atoms with E-state index < -0.39 is 0 Å². The Morgan fingerprint density at radius 2 is 2.29 bits per heavy atom. The average molecular weight is 306 g/mol. The van der Waals surface area contributed by atoms with Crippen LogP contribution in [0.1, 0.15) is 11.3 Å². The molecule has 3 rings (SSSR count). The lowest BCUT2D eigenvalue weighted by molar-refractivity contribution is 0.210. The molecule has 0 saturated carbocycles. The summed E-state index contributed by atoms with van der Waals surface area (Å²) in [7, 11) is 3.86. The first-order valence-electron chi connectivity index (χ1n) is 7.21. The average Bonchev–Trinajstić information content (AvgIpc) is 2.47. The molecule has 5 heteroatoms. The molecule has 1 aromatic carbocycles. The summed E-state index contributed by atoms with van der Waals surface area (Å²) < 4.78 is 5.15. The predicted octanol–water partition coefficient (Wildman–Crippen LogP) is 2.93. The highest BCUT2D eigenvalue weighted by molar-refractivity contribution is 6.31. The minimum atomic E-state index is 0.683. The predicted molar refractivity (Wildman–Crippen MR) is 87.2 cm³/mol. The molecule has 0 aliphatic carbocycles. The van der Waals surface area contributed by atoms with Crippen molar-refractivity contribution in [2.75, 3.05) is 39.2 Å². The largest absolute Gasteiger partial charge is 0.383 e. The van der Waals surface area contributed by atoms with E-state index in [9.17, 15) is 0 Å². The Bertz CT molecular complexity index is 660. The van der Waals surface area contributed by atoms with Gasteiger partial charge in [0.25, 0.3) is 0 Å². The van der Waals surface area contributed by atoms with Crippen molar-refractivity contribution < 1.29 is 4.74 Å². The van der Waals surface area contributed by atoms with E-state index in [0.29, 0.717) is 6.61 Å². The molecule has 1 aliphatic heterocycles. The normalized spacial score (nSPS) is 15.2. The Morgan fingerprint density at radius 1 is 1.43 bits per heavy atom. The number of methoxy groups -OCH3 is 1. The lowest BCUT2D eigenvalue weighted by Gasteiger charge is -2.27. The number of hydrogen-bond acceptors (Lipinski definition) is 4. The molecule has 0 unspecified atom stereocenters. The number of aromatic nitrogens is 1. The van der Waals surface area contributed by atoms with Crippen molar-refractivity contribution in [1.29, 1.82) is 0 Å². The van der Waals surface area contributed by atoms with Gasteiger partial charge in [0.1, 0.15) is 0 Å². The van der Waals surface area contributed by atoms with E-state index in [0.717, 1.165) is 42.0 Å². The van der Waals surface area contributed by atoms with E-state index in [1.54, 1.807) is 7.11 Å². The van der Waals surface area contributed by atoms with Gasteiger partial charge in [0.2, 0.25) is 0 Å². The number of hydrogen-bond donors (Lipinski definition) is 1. The molecule has 1 N–H and O–H groups in total. The highest BCUT2D eigenvalue weighted by Crippen LogP contribution is 2.33. The molecule has 2 aromatic rings. The molecule has 2 heterocycles. The van der Waals surface area contributed by atoms with Crippen LogP contribution in [0.15, 0.2) is 18.2 Å². The second-order valence-corrected chi connectivity index (χ2v) is 5.92. The number of fused-ring (bicyclic) bond motifs is 2. The molecule has 1 aromatic heterocycles. The fraction of sp³-hybridized carbons (Fsp3) is 0.438. The van der Waals surface area contributed by atoms with Crippen LogP contribution in [-0.2, 0) is 17.7 Å². The zero-order chi connectivity index (χ0) is 14.8. The van der Waals surface area contributed by atoms with Gasteiger partial charge in [-0.05, 0) is 25.2 Å². The van der Waals surface area contributed by atoms with Crippen LogP contribution in [-0.4, -0.2) is 43.7 Å². The van der Waals surface area contributed by atoms with Gasteiger partial charge < -0.3 is 15.0 Å². The van der Waals surface area contributed by atoms with Gasteiger partial charge in [0, 0.05) is 54.8 Å². The first-order chi connectivity index (χ1) is 10.2. The molecule has 0 bridgehead atoms. The Hall–Kier alpha value is -1.36. The number of nitrogens with zero attached hydrogens (tertiary/aromatic N) is 2. The zero-order valence-electron chi connectivity index (χ0n) is 12.4. The molecule has 21 heavy (non-hydrogen) atoms.